The Hall–Kier alpha value is -3.15. The molecule has 7 nitrogen and oxygen atoms in total. The number of pyridine rings is 2. The van der Waals surface area contributed by atoms with E-state index in [0.717, 1.165) is 6.07 Å². The lowest BCUT2D eigenvalue weighted by molar-refractivity contribution is -0.474. The summed E-state index contributed by atoms with van der Waals surface area (Å²) >= 11 is 9.16. The number of hydrogen-bond acceptors (Lipinski definition) is 6. The first-order chi connectivity index (χ1) is 15.1. The van der Waals surface area contributed by atoms with Crippen LogP contribution in [0.15, 0.2) is 57.9 Å². The number of nitrogens with two attached hydrogens (primary N) is 1. The van der Waals surface area contributed by atoms with Gasteiger partial charge in [0.2, 0.25) is 11.5 Å². The van der Waals surface area contributed by atoms with Gasteiger partial charge in [0.15, 0.2) is 0 Å². The number of nitrogens with one attached hydrogen (secondary N) is 1. The smallest absolute Gasteiger partial charge is 0.398 e. The minimum Gasteiger partial charge on any atom is -0.398 e. The number of quaternary nitrogens is 1. The maximum atomic E-state index is 13.0. The predicted molar refractivity (Wildman–Crippen MR) is 116 cm³/mol. The topological polar surface area (TPSA) is 109 Å². The monoisotopic (exact) mass is 524 g/mol. The number of hydrogen-bond donors (Lipinski definition) is 2. The van der Waals surface area contributed by atoms with Gasteiger partial charge in [-0.1, -0.05) is 17.7 Å². The Bertz CT molecular complexity index is 1470. The zero-order chi connectivity index (χ0) is 23.0. The fourth-order valence-corrected chi connectivity index (χ4v) is 3.35. The Morgan fingerprint density at radius 2 is 1.97 bits per heavy atom. The molecule has 0 atom stereocenters. The van der Waals surface area contributed by atoms with Crippen molar-refractivity contribution in [2.45, 2.75) is 6.18 Å². The molecule has 4 rings (SSSR count). The first-order valence-corrected chi connectivity index (χ1v) is 10.0. The van der Waals surface area contributed by atoms with Crippen molar-refractivity contribution in [3.05, 3.63) is 75.7 Å². The van der Waals surface area contributed by atoms with E-state index in [2.05, 4.69) is 30.9 Å². The van der Waals surface area contributed by atoms with E-state index in [1.807, 2.05) is 0 Å². The molecule has 0 radical (unpaired) electrons. The van der Waals surface area contributed by atoms with Gasteiger partial charge < -0.3 is 4.42 Å². The van der Waals surface area contributed by atoms with Gasteiger partial charge in [-0.05, 0) is 46.3 Å². The van der Waals surface area contributed by atoms with Crippen molar-refractivity contribution in [3.8, 4) is 0 Å². The lowest BCUT2D eigenvalue weighted by Gasteiger charge is -2.08. The van der Waals surface area contributed by atoms with Gasteiger partial charge >= 0.3 is 11.8 Å². The predicted octanol–water partition coefficient (Wildman–Crippen LogP) is 4.41. The van der Waals surface area contributed by atoms with Gasteiger partial charge in [-0.2, -0.15) is 13.2 Å². The van der Waals surface area contributed by atoms with Crippen LogP contribution >= 0.6 is 27.5 Å². The Balaban J connectivity index is 1.86. The fraction of sp³-hybridized carbons (Fsp3) is 0.0500. The highest BCUT2D eigenvalue weighted by atomic mass is 79.9. The molecule has 1 aromatic carbocycles. The van der Waals surface area contributed by atoms with E-state index >= 15 is 0 Å². The van der Waals surface area contributed by atoms with Crippen LogP contribution in [-0.2, 0) is 6.18 Å². The number of halogens is 5. The normalized spacial score (nSPS) is 12.5. The summed E-state index contributed by atoms with van der Waals surface area (Å²) in [6.45, 7) is 0. The van der Waals surface area contributed by atoms with Crippen LogP contribution in [0.5, 0.6) is 0 Å². The maximum Gasteiger partial charge on any atom is 0.433 e. The summed E-state index contributed by atoms with van der Waals surface area (Å²) in [4.78, 5) is 24.7. The van der Waals surface area contributed by atoms with Crippen molar-refractivity contribution in [3.63, 3.8) is 0 Å². The minimum absolute atomic E-state index is 0.0148. The van der Waals surface area contributed by atoms with Gasteiger partial charge in [-0.25, -0.2) is 19.7 Å². The summed E-state index contributed by atoms with van der Waals surface area (Å²) in [5, 5.41) is 9.87. The minimum atomic E-state index is -4.61. The Labute approximate surface area is 190 Å². The molecule has 32 heavy (non-hydrogen) atoms. The van der Waals surface area contributed by atoms with Crippen LogP contribution in [-0.4, -0.2) is 19.6 Å². The molecule has 3 heterocycles. The van der Waals surface area contributed by atoms with E-state index in [4.69, 9.17) is 21.4 Å². The highest BCUT2D eigenvalue weighted by molar-refractivity contribution is 9.18. The first kappa shape index (κ1) is 22.1. The molecule has 0 bridgehead atoms. The van der Waals surface area contributed by atoms with E-state index in [-0.39, 0.29) is 32.6 Å². The van der Waals surface area contributed by atoms with E-state index in [9.17, 15) is 18.0 Å². The second-order valence-corrected chi connectivity index (χ2v) is 7.79. The molecule has 0 spiro atoms. The zero-order valence-electron chi connectivity index (χ0n) is 15.7. The first-order valence-electron chi connectivity index (χ1n) is 8.86. The maximum absolute atomic E-state index is 13.0. The number of alkyl halides is 3. The number of aromatic nitrogens is 3. The van der Waals surface area contributed by atoms with E-state index in [1.54, 1.807) is 12.1 Å². The molecule has 0 unspecified atom stereocenters. The molecule has 0 aliphatic rings. The van der Waals surface area contributed by atoms with Crippen molar-refractivity contribution in [1.29, 1.82) is 5.41 Å². The van der Waals surface area contributed by atoms with Crippen LogP contribution in [0.2, 0.25) is 5.02 Å². The average molecular weight is 526 g/mol. The second kappa shape index (κ2) is 8.41. The van der Waals surface area contributed by atoms with Crippen molar-refractivity contribution in [1.82, 2.24) is 15.0 Å². The summed E-state index contributed by atoms with van der Waals surface area (Å²) in [5.41, 5.74) is -1.48. The molecular formula is C20H11BrClF3N5O2+. The summed E-state index contributed by atoms with van der Waals surface area (Å²) < 4.78 is 44.2. The third-order valence-corrected chi connectivity index (χ3v) is 4.89. The molecule has 12 heteroatoms. The average Bonchev–Trinajstić information content (AvgIpc) is 2.72. The molecule has 0 saturated carbocycles. The van der Waals surface area contributed by atoms with Crippen molar-refractivity contribution < 1.29 is 22.9 Å². The molecule has 0 fully saturated rings. The van der Waals surface area contributed by atoms with E-state index < -0.39 is 17.5 Å². The van der Waals surface area contributed by atoms with Crippen molar-refractivity contribution in [2.75, 3.05) is 0 Å². The third-order valence-electron chi connectivity index (χ3n) is 4.34. The molecule has 4 aromatic rings. The third kappa shape index (κ3) is 4.54. The highest BCUT2D eigenvalue weighted by Gasteiger charge is 2.32. The van der Waals surface area contributed by atoms with E-state index in [0.29, 0.717) is 16.2 Å². The number of allylic oxidation sites excluding steroid dienone is 1. The zero-order valence-corrected chi connectivity index (χ0v) is 18.1. The quantitative estimate of drug-likeness (QED) is 0.303. The Morgan fingerprint density at radius 3 is 2.66 bits per heavy atom. The van der Waals surface area contributed by atoms with Gasteiger partial charge in [0.05, 0.1) is 16.4 Å². The van der Waals surface area contributed by atoms with Gasteiger partial charge in [0, 0.05) is 17.7 Å². The van der Waals surface area contributed by atoms with Crippen LogP contribution in [0.1, 0.15) is 11.6 Å². The van der Waals surface area contributed by atoms with E-state index in [1.165, 1.54) is 35.8 Å². The van der Waals surface area contributed by atoms with Gasteiger partial charge in [-0.3, -0.25) is 10.7 Å². The summed E-state index contributed by atoms with van der Waals surface area (Å²) in [6, 6.07) is 8.03. The van der Waals surface area contributed by atoms with Crippen LogP contribution in [0, 0.1) is 5.41 Å². The fourth-order valence-electron chi connectivity index (χ4n) is 2.92. The molecule has 0 amide bonds. The summed E-state index contributed by atoms with van der Waals surface area (Å²) in [5.74, 6) is 0.244. The molecule has 0 aliphatic heterocycles. The molecule has 0 aliphatic carbocycles. The Kier molecular flexibility index (Phi) is 5.80. The van der Waals surface area contributed by atoms with Crippen LogP contribution in [0.3, 0.4) is 0 Å². The standard InChI is InChI=1S/C20H10BrClF3N5O2/c21-16(26)8-14(29-17-11(22)2-1-5-27-17)18-30-13-6-9-3-4-15(20(23,24)25)28-12(9)7-10(13)19(31)32-18/h1-8,26H,(H,27,29)/p+1/b14-8-,26-16?. The largest absolute Gasteiger partial charge is 0.433 e. The number of rotatable bonds is 4. The van der Waals surface area contributed by atoms with Gasteiger partial charge in [-0.15, -0.1) is 0 Å². The molecule has 0 saturated heterocycles. The highest BCUT2D eigenvalue weighted by Crippen LogP contribution is 2.30. The molecular weight excluding hydrogens is 515 g/mol. The SMILES string of the molecule is N=C(Br)/C=C(\[NH2+]c1ncccc1Cl)c1nc2cc3ccc(C(F)(F)F)nc3cc2c(=O)o1. The van der Waals surface area contributed by atoms with Crippen LogP contribution < -0.4 is 10.9 Å². The van der Waals surface area contributed by atoms with Gasteiger partial charge in [0.1, 0.15) is 15.3 Å². The summed E-state index contributed by atoms with van der Waals surface area (Å²) in [7, 11) is 0. The Morgan fingerprint density at radius 1 is 1.19 bits per heavy atom. The lowest BCUT2D eigenvalue weighted by Crippen LogP contribution is -2.75. The molecule has 3 N–H and O–H groups in total. The molecule has 3 aromatic heterocycles. The van der Waals surface area contributed by atoms with Crippen LogP contribution in [0.4, 0.5) is 19.0 Å². The summed E-state index contributed by atoms with van der Waals surface area (Å²) in [6.07, 6.45) is -1.74. The second-order valence-electron chi connectivity index (χ2n) is 6.53. The lowest BCUT2D eigenvalue weighted by atomic mass is 10.1. The van der Waals surface area contributed by atoms with Crippen molar-refractivity contribution >= 4 is 65.5 Å². The molecule has 162 valence electrons. The number of fused-ring (bicyclic) bond motifs is 2. The van der Waals surface area contributed by atoms with Gasteiger partial charge in [0.25, 0.3) is 5.89 Å². The van der Waals surface area contributed by atoms with Crippen LogP contribution in [0.25, 0.3) is 27.5 Å². The number of nitrogens with zero attached hydrogens (tertiary/aromatic N) is 3. The number of benzene rings is 1. The van der Waals surface area contributed by atoms with Crippen molar-refractivity contribution in [2.24, 2.45) is 0 Å².